The average molecular weight is 335 g/mol. The van der Waals surface area contributed by atoms with Gasteiger partial charge in [-0.1, -0.05) is 11.6 Å². The molecule has 2 aromatic heterocycles. The van der Waals surface area contributed by atoms with Gasteiger partial charge >= 0.3 is 0 Å². The molecule has 2 fully saturated rings. The number of ether oxygens (including phenoxy) is 2. The van der Waals surface area contributed by atoms with Gasteiger partial charge in [-0.05, 0) is 12.1 Å². The maximum atomic E-state index is 5.96. The van der Waals surface area contributed by atoms with Crippen molar-refractivity contribution in [2.24, 2.45) is 11.8 Å². The molecule has 0 aromatic carbocycles. The number of aromatic nitrogens is 1. The Kier molecular flexibility index (Phi) is 4.25. The van der Waals surface area contributed by atoms with Crippen molar-refractivity contribution < 1.29 is 13.9 Å². The van der Waals surface area contributed by atoms with Crippen LogP contribution in [0.4, 0.5) is 0 Å². The number of hydrogen-bond acceptors (Lipinski definition) is 5. The van der Waals surface area contributed by atoms with Crippen molar-refractivity contribution >= 4 is 11.6 Å². The number of furan rings is 1. The maximum Gasteiger partial charge on any atom is 0.139 e. The van der Waals surface area contributed by atoms with Crippen LogP contribution in [0.1, 0.15) is 5.76 Å². The number of pyridine rings is 1. The highest BCUT2D eigenvalue weighted by Crippen LogP contribution is 2.34. The number of hydrogen-bond donors (Lipinski definition) is 0. The maximum absolute atomic E-state index is 5.96. The van der Waals surface area contributed by atoms with Gasteiger partial charge in [-0.3, -0.25) is 9.88 Å². The van der Waals surface area contributed by atoms with E-state index in [0.717, 1.165) is 32.0 Å². The second kappa shape index (κ2) is 6.51. The zero-order chi connectivity index (χ0) is 15.6. The van der Waals surface area contributed by atoms with E-state index >= 15 is 0 Å². The molecule has 2 aromatic rings. The summed E-state index contributed by atoms with van der Waals surface area (Å²) in [5.41, 5.74) is 0. The molecule has 2 aliphatic heterocycles. The van der Waals surface area contributed by atoms with Crippen molar-refractivity contribution in [3.8, 4) is 5.75 Å². The molecule has 0 saturated carbocycles. The molecule has 4 heterocycles. The molecule has 6 heteroatoms. The van der Waals surface area contributed by atoms with Gasteiger partial charge in [0.2, 0.25) is 0 Å². The van der Waals surface area contributed by atoms with Gasteiger partial charge in [0, 0.05) is 37.2 Å². The van der Waals surface area contributed by atoms with E-state index in [2.05, 4.69) is 9.88 Å². The minimum atomic E-state index is 0.302. The lowest BCUT2D eigenvalue weighted by Gasteiger charge is -2.19. The van der Waals surface area contributed by atoms with Crippen molar-refractivity contribution in [1.82, 2.24) is 9.88 Å². The molecule has 5 nitrogen and oxygen atoms in total. The van der Waals surface area contributed by atoms with Gasteiger partial charge in [-0.2, -0.15) is 0 Å². The molecule has 3 atom stereocenters. The van der Waals surface area contributed by atoms with E-state index in [1.54, 1.807) is 24.7 Å². The molecule has 0 bridgehead atoms. The first-order chi connectivity index (χ1) is 11.3. The fourth-order valence-corrected chi connectivity index (χ4v) is 3.64. The van der Waals surface area contributed by atoms with Gasteiger partial charge in [0.1, 0.15) is 11.5 Å². The number of likely N-dealkylation sites (tertiary alicyclic amines) is 1. The largest absolute Gasteiger partial charge is 0.492 e. The average Bonchev–Trinajstić information content (AvgIpc) is 3.24. The van der Waals surface area contributed by atoms with Gasteiger partial charge in [-0.25, -0.2) is 0 Å². The molecule has 0 spiro atoms. The number of halogens is 1. The molecule has 4 rings (SSSR count). The van der Waals surface area contributed by atoms with Crippen molar-refractivity contribution in [3.63, 3.8) is 0 Å². The predicted octanol–water partition coefficient (Wildman–Crippen LogP) is 2.85. The topological polar surface area (TPSA) is 47.7 Å². The number of rotatable bonds is 5. The SMILES string of the molecule is Clc1cncc(OC[C@@H]2CO[C@@H]3CN(Cc4ccco4)C[C@H]23)c1. The molecular formula is C17H19ClN2O3. The molecule has 2 saturated heterocycles. The Morgan fingerprint density at radius 1 is 1.35 bits per heavy atom. The van der Waals surface area contributed by atoms with Gasteiger partial charge in [-0.15, -0.1) is 0 Å². The van der Waals surface area contributed by atoms with Crippen molar-refractivity contribution in [3.05, 3.63) is 47.6 Å². The van der Waals surface area contributed by atoms with Gasteiger partial charge in [0.05, 0.1) is 43.3 Å². The van der Waals surface area contributed by atoms with Crippen LogP contribution < -0.4 is 4.74 Å². The summed E-state index contributed by atoms with van der Waals surface area (Å²) in [6, 6.07) is 5.74. The van der Waals surface area contributed by atoms with E-state index in [4.69, 9.17) is 25.5 Å². The van der Waals surface area contributed by atoms with Crippen LogP contribution in [-0.2, 0) is 11.3 Å². The molecule has 0 amide bonds. The Bertz CT molecular complexity index is 649. The van der Waals surface area contributed by atoms with Gasteiger partial charge < -0.3 is 13.9 Å². The van der Waals surface area contributed by atoms with Gasteiger partial charge in [0.25, 0.3) is 0 Å². The smallest absolute Gasteiger partial charge is 0.139 e. The van der Waals surface area contributed by atoms with Crippen LogP contribution in [0.5, 0.6) is 5.75 Å². The monoisotopic (exact) mass is 334 g/mol. The normalized spacial score (nSPS) is 27.3. The summed E-state index contributed by atoms with van der Waals surface area (Å²) in [4.78, 5) is 6.43. The standard InChI is InChI=1S/C17H19ClN2O3/c18-13-4-15(6-19-5-13)22-10-12-11-23-17-9-20(8-16(12)17)7-14-2-1-3-21-14/h1-6,12,16-17H,7-11H2/t12-,16-,17-/m1/s1. The first-order valence-electron chi connectivity index (χ1n) is 7.87. The fourth-order valence-electron chi connectivity index (χ4n) is 3.48. The van der Waals surface area contributed by atoms with E-state index < -0.39 is 0 Å². The highest BCUT2D eigenvalue weighted by atomic mass is 35.5. The highest BCUT2D eigenvalue weighted by molar-refractivity contribution is 6.30. The second-order valence-electron chi connectivity index (χ2n) is 6.22. The first kappa shape index (κ1) is 15.0. The van der Waals surface area contributed by atoms with E-state index in [1.807, 2.05) is 12.1 Å². The van der Waals surface area contributed by atoms with Crippen molar-refractivity contribution in [1.29, 1.82) is 0 Å². The summed E-state index contributed by atoms with van der Waals surface area (Å²) in [7, 11) is 0. The Balaban J connectivity index is 1.33. The van der Waals surface area contributed by atoms with E-state index in [0.29, 0.717) is 35.3 Å². The van der Waals surface area contributed by atoms with Crippen LogP contribution in [-0.4, -0.2) is 42.3 Å². The summed E-state index contributed by atoms with van der Waals surface area (Å²) < 4.78 is 17.2. The minimum absolute atomic E-state index is 0.302. The molecule has 0 unspecified atom stereocenters. The fraction of sp³-hybridized carbons (Fsp3) is 0.471. The van der Waals surface area contributed by atoms with Gasteiger partial charge in [0.15, 0.2) is 0 Å². The highest BCUT2D eigenvalue weighted by Gasteiger charge is 2.44. The zero-order valence-corrected chi connectivity index (χ0v) is 13.5. The molecule has 23 heavy (non-hydrogen) atoms. The Morgan fingerprint density at radius 3 is 3.13 bits per heavy atom. The van der Waals surface area contributed by atoms with E-state index in [1.165, 1.54) is 0 Å². The lowest BCUT2D eigenvalue weighted by Crippen LogP contribution is -2.26. The Hall–Kier alpha value is -1.56. The number of nitrogens with zero attached hydrogens (tertiary/aromatic N) is 2. The molecule has 0 aliphatic carbocycles. The second-order valence-corrected chi connectivity index (χ2v) is 6.66. The van der Waals surface area contributed by atoms with Crippen LogP contribution in [0.15, 0.2) is 41.3 Å². The summed E-state index contributed by atoms with van der Waals surface area (Å²) in [6.07, 6.45) is 5.32. The van der Waals surface area contributed by atoms with Crippen LogP contribution in [0.2, 0.25) is 5.02 Å². The molecule has 2 aliphatic rings. The summed E-state index contributed by atoms with van der Waals surface area (Å²) in [5.74, 6) is 2.63. The summed E-state index contributed by atoms with van der Waals surface area (Å²) in [5, 5.41) is 0.591. The van der Waals surface area contributed by atoms with E-state index in [-0.39, 0.29) is 0 Å². The minimum Gasteiger partial charge on any atom is -0.492 e. The zero-order valence-electron chi connectivity index (χ0n) is 12.7. The quantitative estimate of drug-likeness (QED) is 0.841. The lowest BCUT2D eigenvalue weighted by atomic mass is 9.94. The summed E-state index contributed by atoms with van der Waals surface area (Å²) in [6.45, 7) is 4.22. The van der Waals surface area contributed by atoms with Crippen LogP contribution in [0, 0.1) is 11.8 Å². The molecular weight excluding hydrogens is 316 g/mol. The molecule has 0 N–H and O–H groups in total. The van der Waals surface area contributed by atoms with Crippen LogP contribution in [0.3, 0.4) is 0 Å². The van der Waals surface area contributed by atoms with Crippen LogP contribution in [0.25, 0.3) is 0 Å². The Morgan fingerprint density at radius 2 is 2.30 bits per heavy atom. The van der Waals surface area contributed by atoms with Crippen molar-refractivity contribution in [2.75, 3.05) is 26.3 Å². The Labute approximate surface area is 140 Å². The van der Waals surface area contributed by atoms with E-state index in [9.17, 15) is 0 Å². The molecule has 0 radical (unpaired) electrons. The third-order valence-electron chi connectivity index (χ3n) is 4.62. The first-order valence-corrected chi connectivity index (χ1v) is 8.25. The summed E-state index contributed by atoms with van der Waals surface area (Å²) >= 11 is 5.93. The predicted molar refractivity (Wildman–Crippen MR) is 85.4 cm³/mol. The number of fused-ring (bicyclic) bond motifs is 1. The van der Waals surface area contributed by atoms with Crippen molar-refractivity contribution in [2.45, 2.75) is 12.6 Å². The third kappa shape index (κ3) is 3.37. The lowest BCUT2D eigenvalue weighted by molar-refractivity contribution is 0.0885. The van der Waals surface area contributed by atoms with Crippen LogP contribution >= 0.6 is 11.6 Å². The molecule has 122 valence electrons. The third-order valence-corrected chi connectivity index (χ3v) is 4.82.